The van der Waals surface area contributed by atoms with Crippen molar-refractivity contribution in [3.63, 3.8) is 0 Å². The molecule has 0 saturated carbocycles. The van der Waals surface area contributed by atoms with Gasteiger partial charge in [-0.25, -0.2) is 0 Å². The maximum absolute atomic E-state index is 12.2. The predicted octanol–water partition coefficient (Wildman–Crippen LogP) is 1.48. The van der Waals surface area contributed by atoms with Crippen LogP contribution in [0.4, 0.5) is 0 Å². The first-order valence-electron chi connectivity index (χ1n) is 5.73. The number of aryl methyl sites for hydroxylation is 1. The minimum atomic E-state index is -0.849. The molecule has 1 aliphatic heterocycles. The van der Waals surface area contributed by atoms with Gasteiger partial charge in [0.15, 0.2) is 5.76 Å². The molecule has 1 aliphatic rings. The second-order valence-corrected chi connectivity index (χ2v) is 5.50. The fraction of sp³-hybridized carbons (Fsp3) is 0.500. The van der Waals surface area contributed by atoms with E-state index >= 15 is 0 Å². The number of furan rings is 1. The summed E-state index contributed by atoms with van der Waals surface area (Å²) in [5, 5.41) is 9.06. The van der Waals surface area contributed by atoms with Crippen molar-refractivity contribution in [1.29, 1.82) is 0 Å². The highest BCUT2D eigenvalue weighted by Crippen LogP contribution is 2.19. The van der Waals surface area contributed by atoms with Crippen LogP contribution in [0.15, 0.2) is 16.7 Å². The van der Waals surface area contributed by atoms with Crippen LogP contribution >= 0.6 is 11.8 Å². The van der Waals surface area contributed by atoms with Gasteiger partial charge in [0.05, 0.1) is 12.2 Å². The van der Waals surface area contributed by atoms with Crippen molar-refractivity contribution in [2.45, 2.75) is 6.92 Å². The Balaban J connectivity index is 2.11. The molecule has 98 valence electrons. The number of aliphatic carboxylic acids is 1. The first-order chi connectivity index (χ1) is 8.58. The van der Waals surface area contributed by atoms with Crippen molar-refractivity contribution in [3.8, 4) is 0 Å². The Bertz CT molecular complexity index is 457. The molecule has 1 N–H and O–H groups in total. The van der Waals surface area contributed by atoms with E-state index < -0.39 is 11.9 Å². The number of carboxylic acid groups (broad SMARTS) is 1. The molecule has 1 aromatic rings. The van der Waals surface area contributed by atoms with Crippen molar-refractivity contribution in [3.05, 3.63) is 23.7 Å². The third-order valence-electron chi connectivity index (χ3n) is 2.84. The molecule has 1 unspecified atom stereocenters. The van der Waals surface area contributed by atoms with Gasteiger partial charge < -0.3 is 14.4 Å². The van der Waals surface area contributed by atoms with Gasteiger partial charge in [0.2, 0.25) is 0 Å². The van der Waals surface area contributed by atoms with E-state index in [2.05, 4.69) is 0 Å². The van der Waals surface area contributed by atoms with Crippen LogP contribution in [0, 0.1) is 12.8 Å². The van der Waals surface area contributed by atoms with E-state index in [0.717, 1.165) is 11.3 Å². The quantitative estimate of drug-likeness (QED) is 0.880. The van der Waals surface area contributed by atoms with Crippen LogP contribution < -0.4 is 0 Å². The van der Waals surface area contributed by atoms with E-state index in [-0.39, 0.29) is 18.2 Å². The highest BCUT2D eigenvalue weighted by molar-refractivity contribution is 7.99. The predicted molar refractivity (Wildman–Crippen MR) is 67.8 cm³/mol. The highest BCUT2D eigenvalue weighted by atomic mass is 32.2. The van der Waals surface area contributed by atoms with Gasteiger partial charge in [0, 0.05) is 24.6 Å². The third-order valence-corrected chi connectivity index (χ3v) is 3.95. The van der Waals surface area contributed by atoms with Crippen molar-refractivity contribution in [2.24, 2.45) is 5.92 Å². The smallest absolute Gasteiger partial charge is 0.309 e. The maximum atomic E-state index is 12.2. The summed E-state index contributed by atoms with van der Waals surface area (Å²) in [5.74, 6) is 0.0154. The van der Waals surface area contributed by atoms with Crippen LogP contribution in [0.5, 0.6) is 0 Å². The van der Waals surface area contributed by atoms with Crippen LogP contribution in [-0.4, -0.2) is 46.5 Å². The maximum Gasteiger partial charge on any atom is 0.309 e. The molecule has 0 spiro atoms. The number of thioether (sulfide) groups is 1. The zero-order valence-electron chi connectivity index (χ0n) is 10.1. The standard InChI is InChI=1S/C12H15NO4S/c1-8-4-10(17-6-8)11(14)13-2-3-18-7-9(5-13)12(15)16/h4,6,9H,2-3,5,7H2,1H3,(H,15,16). The number of hydrogen-bond donors (Lipinski definition) is 1. The number of nitrogens with zero attached hydrogens (tertiary/aromatic N) is 1. The van der Waals surface area contributed by atoms with E-state index in [1.807, 2.05) is 6.92 Å². The van der Waals surface area contributed by atoms with Gasteiger partial charge in [-0.15, -0.1) is 0 Å². The Hall–Kier alpha value is -1.43. The lowest BCUT2D eigenvalue weighted by atomic mass is 10.1. The lowest BCUT2D eigenvalue weighted by Gasteiger charge is -2.21. The number of rotatable bonds is 2. The third kappa shape index (κ3) is 2.87. The summed E-state index contributed by atoms with van der Waals surface area (Å²) < 4.78 is 5.17. The van der Waals surface area contributed by atoms with Crippen LogP contribution in [0.25, 0.3) is 0 Å². The summed E-state index contributed by atoms with van der Waals surface area (Å²) in [6, 6.07) is 1.68. The lowest BCUT2D eigenvalue weighted by molar-refractivity contribution is -0.141. The number of amides is 1. The normalized spacial score (nSPS) is 20.5. The summed E-state index contributed by atoms with van der Waals surface area (Å²) in [4.78, 5) is 24.8. The summed E-state index contributed by atoms with van der Waals surface area (Å²) in [7, 11) is 0. The van der Waals surface area contributed by atoms with Crippen LogP contribution in [0.3, 0.4) is 0 Å². The molecule has 0 radical (unpaired) electrons. The minimum absolute atomic E-state index is 0.225. The van der Waals surface area contributed by atoms with E-state index in [1.165, 1.54) is 6.26 Å². The Labute approximate surface area is 109 Å². The van der Waals surface area contributed by atoms with E-state index in [0.29, 0.717) is 12.3 Å². The number of carboxylic acids is 1. The lowest BCUT2D eigenvalue weighted by Crippen LogP contribution is -2.37. The average Bonchev–Trinajstić information content (AvgIpc) is 2.63. The molecule has 0 aliphatic carbocycles. The van der Waals surface area contributed by atoms with Crippen LogP contribution in [-0.2, 0) is 4.79 Å². The molecule has 0 bridgehead atoms. The van der Waals surface area contributed by atoms with Crippen molar-refractivity contribution >= 4 is 23.6 Å². The molecule has 6 heteroatoms. The fourth-order valence-electron chi connectivity index (χ4n) is 1.84. The monoisotopic (exact) mass is 269 g/mol. The SMILES string of the molecule is Cc1coc(C(=O)N2CCSCC(C(=O)O)C2)c1. The molecular formula is C12H15NO4S. The Morgan fingerprint density at radius 2 is 2.33 bits per heavy atom. The topological polar surface area (TPSA) is 70.8 Å². The molecule has 0 aromatic carbocycles. The van der Waals surface area contributed by atoms with Gasteiger partial charge in [-0.3, -0.25) is 9.59 Å². The Morgan fingerprint density at radius 3 is 2.94 bits per heavy atom. The molecule has 2 heterocycles. The molecule has 1 atom stereocenters. The van der Waals surface area contributed by atoms with Gasteiger partial charge in [-0.2, -0.15) is 11.8 Å². The largest absolute Gasteiger partial charge is 0.481 e. The first-order valence-corrected chi connectivity index (χ1v) is 6.88. The Morgan fingerprint density at radius 1 is 1.56 bits per heavy atom. The van der Waals surface area contributed by atoms with E-state index in [9.17, 15) is 9.59 Å². The molecule has 1 amide bonds. The molecule has 1 fully saturated rings. The van der Waals surface area contributed by atoms with Gasteiger partial charge in [0.25, 0.3) is 5.91 Å². The first kappa shape index (κ1) is 13.0. The van der Waals surface area contributed by atoms with Crippen molar-refractivity contribution < 1.29 is 19.1 Å². The summed E-state index contributed by atoms with van der Waals surface area (Å²) >= 11 is 1.57. The van der Waals surface area contributed by atoms with Gasteiger partial charge in [-0.1, -0.05) is 0 Å². The molecule has 1 saturated heterocycles. The zero-order chi connectivity index (χ0) is 13.1. The molecule has 1 aromatic heterocycles. The molecular weight excluding hydrogens is 254 g/mol. The molecule has 18 heavy (non-hydrogen) atoms. The molecule has 2 rings (SSSR count). The van der Waals surface area contributed by atoms with Crippen molar-refractivity contribution in [1.82, 2.24) is 4.90 Å². The Kier molecular flexibility index (Phi) is 3.96. The van der Waals surface area contributed by atoms with Crippen LogP contribution in [0.2, 0.25) is 0 Å². The average molecular weight is 269 g/mol. The number of hydrogen-bond acceptors (Lipinski definition) is 4. The second-order valence-electron chi connectivity index (χ2n) is 4.35. The highest BCUT2D eigenvalue weighted by Gasteiger charge is 2.28. The zero-order valence-corrected chi connectivity index (χ0v) is 10.9. The van der Waals surface area contributed by atoms with Gasteiger partial charge in [-0.05, 0) is 18.6 Å². The summed E-state index contributed by atoms with van der Waals surface area (Å²) in [6.07, 6.45) is 1.52. The second kappa shape index (κ2) is 5.48. The minimum Gasteiger partial charge on any atom is -0.481 e. The number of carbonyl (C=O) groups excluding carboxylic acids is 1. The fourth-order valence-corrected chi connectivity index (χ4v) is 2.89. The number of carbonyl (C=O) groups is 2. The van der Waals surface area contributed by atoms with E-state index in [1.54, 1.807) is 22.7 Å². The van der Waals surface area contributed by atoms with Crippen molar-refractivity contribution in [2.75, 3.05) is 24.6 Å². The van der Waals surface area contributed by atoms with E-state index in [4.69, 9.17) is 9.52 Å². The molecule has 5 nitrogen and oxygen atoms in total. The van der Waals surface area contributed by atoms with Gasteiger partial charge >= 0.3 is 5.97 Å². The summed E-state index contributed by atoms with van der Waals surface area (Å²) in [6.45, 7) is 2.66. The van der Waals surface area contributed by atoms with Crippen LogP contribution in [0.1, 0.15) is 16.1 Å². The summed E-state index contributed by atoms with van der Waals surface area (Å²) in [5.41, 5.74) is 0.886. The van der Waals surface area contributed by atoms with Gasteiger partial charge in [0.1, 0.15) is 0 Å².